The third-order valence-electron chi connectivity index (χ3n) is 1.75. The van der Waals surface area contributed by atoms with Gasteiger partial charge in [-0.2, -0.15) is 0 Å². The van der Waals surface area contributed by atoms with Crippen LogP contribution in [0.2, 0.25) is 0 Å². The van der Waals surface area contributed by atoms with Gasteiger partial charge in [0, 0.05) is 12.2 Å². The molecule has 1 aromatic rings. The first-order valence-corrected chi connectivity index (χ1v) is 3.88. The highest BCUT2D eigenvalue weighted by Crippen LogP contribution is 2.15. The predicted octanol–water partition coefficient (Wildman–Crippen LogP) is 2.58. The standard InChI is InChI=1S/C9H14N2.2ClH/c1-7(2)9(10)8-5-3-4-6-11-8;;/h3-7,9H,10H2,1-2H3;2*1H. The molecule has 76 valence electrons. The van der Waals surface area contributed by atoms with Gasteiger partial charge in [0.25, 0.3) is 0 Å². The largest absolute Gasteiger partial charge is 0.322 e. The molecule has 0 aliphatic carbocycles. The zero-order valence-electron chi connectivity index (χ0n) is 7.81. The molecular formula is C9H16Cl2N2. The van der Waals surface area contributed by atoms with Crippen LogP contribution in [-0.4, -0.2) is 4.98 Å². The van der Waals surface area contributed by atoms with Crippen molar-refractivity contribution < 1.29 is 0 Å². The molecule has 13 heavy (non-hydrogen) atoms. The lowest BCUT2D eigenvalue weighted by atomic mass is 10.0. The van der Waals surface area contributed by atoms with Crippen LogP contribution in [0.1, 0.15) is 25.6 Å². The van der Waals surface area contributed by atoms with Gasteiger partial charge < -0.3 is 5.73 Å². The van der Waals surface area contributed by atoms with E-state index in [0.717, 1.165) is 5.69 Å². The Hall–Kier alpha value is -0.310. The maximum Gasteiger partial charge on any atom is 0.0573 e. The molecule has 0 saturated carbocycles. The van der Waals surface area contributed by atoms with Crippen LogP contribution in [0.15, 0.2) is 24.4 Å². The molecule has 1 rings (SSSR count). The number of pyridine rings is 1. The Kier molecular flexibility index (Phi) is 8.32. The molecular weight excluding hydrogens is 207 g/mol. The van der Waals surface area contributed by atoms with Crippen molar-refractivity contribution in [3.63, 3.8) is 0 Å². The first-order valence-electron chi connectivity index (χ1n) is 3.88. The third kappa shape index (κ3) is 4.46. The normalized spacial score (nSPS) is 11.4. The average Bonchev–Trinajstić information content (AvgIpc) is 2.05. The first kappa shape index (κ1) is 15.2. The third-order valence-corrected chi connectivity index (χ3v) is 1.75. The summed E-state index contributed by atoms with van der Waals surface area (Å²) in [4.78, 5) is 4.17. The second-order valence-electron chi connectivity index (χ2n) is 3.02. The van der Waals surface area contributed by atoms with Gasteiger partial charge in [-0.25, -0.2) is 0 Å². The van der Waals surface area contributed by atoms with Crippen LogP contribution in [0, 0.1) is 5.92 Å². The number of hydrogen-bond acceptors (Lipinski definition) is 2. The highest BCUT2D eigenvalue weighted by atomic mass is 35.5. The monoisotopic (exact) mass is 222 g/mol. The van der Waals surface area contributed by atoms with Crippen molar-refractivity contribution in [2.75, 3.05) is 0 Å². The second kappa shape index (κ2) is 7.13. The van der Waals surface area contributed by atoms with Gasteiger partial charge in [0.15, 0.2) is 0 Å². The van der Waals surface area contributed by atoms with Crippen molar-refractivity contribution in [2.45, 2.75) is 19.9 Å². The smallest absolute Gasteiger partial charge is 0.0573 e. The van der Waals surface area contributed by atoms with Crippen molar-refractivity contribution in [2.24, 2.45) is 11.7 Å². The Morgan fingerprint density at radius 1 is 1.23 bits per heavy atom. The topological polar surface area (TPSA) is 38.9 Å². The van der Waals surface area contributed by atoms with Crippen LogP contribution in [0.3, 0.4) is 0 Å². The highest BCUT2D eigenvalue weighted by molar-refractivity contribution is 5.85. The molecule has 0 fully saturated rings. The minimum Gasteiger partial charge on any atom is -0.322 e. The summed E-state index contributed by atoms with van der Waals surface area (Å²) in [5.74, 6) is 0.449. The van der Waals surface area contributed by atoms with E-state index < -0.39 is 0 Å². The van der Waals surface area contributed by atoms with E-state index in [4.69, 9.17) is 5.73 Å². The van der Waals surface area contributed by atoms with Crippen LogP contribution in [0.5, 0.6) is 0 Å². The zero-order chi connectivity index (χ0) is 8.27. The lowest BCUT2D eigenvalue weighted by Gasteiger charge is -2.13. The molecule has 0 amide bonds. The van der Waals surface area contributed by atoms with Crippen LogP contribution in [-0.2, 0) is 0 Å². The molecule has 2 nitrogen and oxygen atoms in total. The Morgan fingerprint density at radius 2 is 1.85 bits per heavy atom. The molecule has 0 aromatic carbocycles. The molecule has 0 aliphatic rings. The highest BCUT2D eigenvalue weighted by Gasteiger charge is 2.09. The summed E-state index contributed by atoms with van der Waals surface area (Å²) in [5, 5.41) is 0. The molecule has 2 N–H and O–H groups in total. The molecule has 1 atom stereocenters. The number of rotatable bonds is 2. The van der Waals surface area contributed by atoms with E-state index >= 15 is 0 Å². The van der Waals surface area contributed by atoms with E-state index in [1.54, 1.807) is 6.20 Å². The van der Waals surface area contributed by atoms with Crippen LogP contribution >= 0.6 is 24.8 Å². The summed E-state index contributed by atoms with van der Waals surface area (Å²) in [5.41, 5.74) is 6.85. The minimum absolute atomic E-state index is 0. The maximum absolute atomic E-state index is 5.88. The Bertz CT molecular complexity index is 214. The molecule has 0 saturated heterocycles. The molecule has 0 bridgehead atoms. The Balaban J connectivity index is 0. The van der Waals surface area contributed by atoms with Crippen molar-refractivity contribution >= 4 is 24.8 Å². The summed E-state index contributed by atoms with van der Waals surface area (Å²) < 4.78 is 0. The summed E-state index contributed by atoms with van der Waals surface area (Å²) in [6.45, 7) is 4.19. The Morgan fingerprint density at radius 3 is 2.23 bits per heavy atom. The second-order valence-corrected chi connectivity index (χ2v) is 3.02. The van der Waals surface area contributed by atoms with Gasteiger partial charge in [-0.1, -0.05) is 19.9 Å². The van der Waals surface area contributed by atoms with Gasteiger partial charge in [-0.15, -0.1) is 24.8 Å². The number of nitrogens with zero attached hydrogens (tertiary/aromatic N) is 1. The van der Waals surface area contributed by atoms with Gasteiger partial charge in [0.05, 0.1) is 5.69 Å². The fraction of sp³-hybridized carbons (Fsp3) is 0.444. The molecule has 1 heterocycles. The lowest BCUT2D eigenvalue weighted by Crippen LogP contribution is -2.17. The lowest BCUT2D eigenvalue weighted by molar-refractivity contribution is 0.503. The molecule has 0 radical (unpaired) electrons. The SMILES string of the molecule is CC(C)C(N)c1ccccn1.Cl.Cl. The summed E-state index contributed by atoms with van der Waals surface area (Å²) in [7, 11) is 0. The predicted molar refractivity (Wildman–Crippen MR) is 60.5 cm³/mol. The molecule has 1 unspecified atom stereocenters. The van der Waals surface area contributed by atoms with Gasteiger partial charge in [0.2, 0.25) is 0 Å². The van der Waals surface area contributed by atoms with Crippen molar-refractivity contribution in [3.8, 4) is 0 Å². The molecule has 0 aliphatic heterocycles. The summed E-state index contributed by atoms with van der Waals surface area (Å²) in [6.07, 6.45) is 1.78. The number of aromatic nitrogens is 1. The van der Waals surface area contributed by atoms with Gasteiger partial charge in [0.1, 0.15) is 0 Å². The zero-order valence-corrected chi connectivity index (χ0v) is 9.44. The average molecular weight is 223 g/mol. The fourth-order valence-electron chi connectivity index (χ4n) is 0.915. The first-order chi connectivity index (χ1) is 5.22. The molecule has 0 spiro atoms. The number of halogens is 2. The number of nitrogens with two attached hydrogens (primary N) is 1. The maximum atomic E-state index is 5.88. The van der Waals surface area contributed by atoms with E-state index in [1.165, 1.54) is 0 Å². The van der Waals surface area contributed by atoms with Crippen LogP contribution < -0.4 is 5.73 Å². The van der Waals surface area contributed by atoms with E-state index in [-0.39, 0.29) is 30.9 Å². The van der Waals surface area contributed by atoms with Crippen LogP contribution in [0.25, 0.3) is 0 Å². The van der Waals surface area contributed by atoms with E-state index in [1.807, 2.05) is 18.2 Å². The van der Waals surface area contributed by atoms with Crippen molar-refractivity contribution in [1.29, 1.82) is 0 Å². The number of hydrogen-bond donors (Lipinski definition) is 1. The summed E-state index contributed by atoms with van der Waals surface area (Å²) >= 11 is 0. The summed E-state index contributed by atoms with van der Waals surface area (Å²) in [6, 6.07) is 5.89. The fourth-order valence-corrected chi connectivity index (χ4v) is 0.915. The Labute approximate surface area is 91.8 Å². The molecule has 4 heteroatoms. The van der Waals surface area contributed by atoms with Gasteiger partial charge in [-0.3, -0.25) is 4.98 Å². The van der Waals surface area contributed by atoms with E-state index in [2.05, 4.69) is 18.8 Å². The van der Waals surface area contributed by atoms with Gasteiger partial charge >= 0.3 is 0 Å². The quantitative estimate of drug-likeness (QED) is 0.836. The molecule has 1 aromatic heterocycles. The van der Waals surface area contributed by atoms with E-state index in [0.29, 0.717) is 5.92 Å². The van der Waals surface area contributed by atoms with E-state index in [9.17, 15) is 0 Å². The van der Waals surface area contributed by atoms with Crippen molar-refractivity contribution in [1.82, 2.24) is 4.98 Å². The van der Waals surface area contributed by atoms with Crippen molar-refractivity contribution in [3.05, 3.63) is 30.1 Å². The van der Waals surface area contributed by atoms with Gasteiger partial charge in [-0.05, 0) is 18.1 Å². The minimum atomic E-state index is 0. The van der Waals surface area contributed by atoms with Crippen LogP contribution in [0.4, 0.5) is 0 Å².